The van der Waals surface area contributed by atoms with Crippen LogP contribution in [0.15, 0.2) is 17.3 Å². The molecule has 1 fully saturated rings. The number of carbonyl (C=O) groups excluding carboxylic acids is 1. The normalized spacial score (nSPS) is 26.8. The van der Waals surface area contributed by atoms with E-state index in [1.807, 2.05) is 0 Å². The zero-order valence-corrected chi connectivity index (χ0v) is 12.2. The van der Waals surface area contributed by atoms with Crippen LogP contribution in [0.25, 0.3) is 11.0 Å². The van der Waals surface area contributed by atoms with Gasteiger partial charge in [0.1, 0.15) is 41.4 Å². The molecule has 11 nitrogen and oxygen atoms in total. The van der Waals surface area contributed by atoms with E-state index in [4.69, 9.17) is 16.2 Å². The minimum atomic E-state index is -1.44. The fourth-order valence-corrected chi connectivity index (χ4v) is 2.68. The summed E-state index contributed by atoms with van der Waals surface area (Å²) in [6.45, 7) is -0.535. The van der Waals surface area contributed by atoms with Crippen LogP contribution in [0.2, 0.25) is 0 Å². The molecule has 0 radical (unpaired) electrons. The summed E-state index contributed by atoms with van der Waals surface area (Å²) in [5, 5.41) is 29.1. The Morgan fingerprint density at radius 1 is 1.33 bits per heavy atom. The van der Waals surface area contributed by atoms with E-state index >= 15 is 0 Å². The second-order valence-corrected chi connectivity index (χ2v) is 5.33. The second-order valence-electron chi connectivity index (χ2n) is 5.33. The van der Waals surface area contributed by atoms with Crippen LogP contribution in [-0.4, -0.2) is 60.7 Å². The van der Waals surface area contributed by atoms with E-state index in [1.165, 1.54) is 4.57 Å². The topological polar surface area (TPSA) is 187 Å². The number of nitrogens with two attached hydrogens (primary N) is 2. The van der Waals surface area contributed by atoms with Gasteiger partial charge >= 0.3 is 0 Å². The number of aromatic nitrogens is 3. The zero-order valence-electron chi connectivity index (χ0n) is 12.2. The maximum Gasteiger partial charge on any atom is 0.254 e. The van der Waals surface area contributed by atoms with Crippen molar-refractivity contribution in [2.45, 2.75) is 24.5 Å². The van der Waals surface area contributed by atoms with Crippen LogP contribution < -0.4 is 16.9 Å². The maximum atomic E-state index is 12.4. The summed E-state index contributed by atoms with van der Waals surface area (Å²) >= 11 is 0. The van der Waals surface area contributed by atoms with Gasteiger partial charge in [0.25, 0.3) is 5.91 Å². The SMILES string of the molecule is NC(=O)c1cn([C@H]2O[C@H](CO)[C@@H](O)[C@H]2O)c2ncnc(N)c2c1=O. The smallest absolute Gasteiger partial charge is 0.254 e. The van der Waals surface area contributed by atoms with Gasteiger partial charge in [0.15, 0.2) is 11.9 Å². The number of nitrogen functional groups attached to an aromatic ring is 1. The van der Waals surface area contributed by atoms with Crippen LogP contribution >= 0.6 is 0 Å². The van der Waals surface area contributed by atoms with E-state index < -0.39 is 48.0 Å². The Bertz CT molecular complexity index is 868. The van der Waals surface area contributed by atoms with Crippen LogP contribution in [0.4, 0.5) is 5.82 Å². The van der Waals surface area contributed by atoms with Crippen LogP contribution in [0, 0.1) is 0 Å². The third-order valence-corrected chi connectivity index (χ3v) is 3.90. The summed E-state index contributed by atoms with van der Waals surface area (Å²) in [6.07, 6.45) is -2.91. The molecular weight excluding hydrogens is 322 g/mol. The first-order valence-electron chi connectivity index (χ1n) is 6.94. The lowest BCUT2D eigenvalue weighted by molar-refractivity contribution is -0.0511. The van der Waals surface area contributed by atoms with Gasteiger partial charge in [-0.25, -0.2) is 9.97 Å². The second kappa shape index (κ2) is 5.79. The first-order valence-corrected chi connectivity index (χ1v) is 6.94. The fraction of sp³-hybridized carbons (Fsp3) is 0.385. The molecule has 0 spiro atoms. The van der Waals surface area contributed by atoms with Crippen molar-refractivity contribution in [3.63, 3.8) is 0 Å². The number of carbonyl (C=O) groups is 1. The average molecular weight is 337 g/mol. The maximum absolute atomic E-state index is 12.4. The molecule has 11 heteroatoms. The molecule has 4 atom stereocenters. The molecule has 3 heterocycles. The van der Waals surface area contributed by atoms with Crippen molar-refractivity contribution in [3.8, 4) is 0 Å². The molecule has 0 saturated carbocycles. The highest BCUT2D eigenvalue weighted by Crippen LogP contribution is 2.31. The Balaban J connectivity index is 2.29. The first kappa shape index (κ1) is 16.3. The molecule has 0 bridgehead atoms. The highest BCUT2D eigenvalue weighted by molar-refractivity contribution is 5.97. The van der Waals surface area contributed by atoms with E-state index in [0.29, 0.717) is 0 Å². The van der Waals surface area contributed by atoms with Crippen molar-refractivity contribution in [3.05, 3.63) is 28.3 Å². The van der Waals surface area contributed by atoms with Crippen LogP contribution in [0.5, 0.6) is 0 Å². The molecule has 1 aliphatic heterocycles. The summed E-state index contributed by atoms with van der Waals surface area (Å²) in [5.41, 5.74) is 9.75. The van der Waals surface area contributed by atoms with E-state index in [1.54, 1.807) is 0 Å². The van der Waals surface area contributed by atoms with E-state index in [0.717, 1.165) is 12.5 Å². The van der Waals surface area contributed by atoms with Gasteiger partial charge in [0, 0.05) is 6.20 Å². The molecule has 3 rings (SSSR count). The van der Waals surface area contributed by atoms with Crippen LogP contribution in [0.3, 0.4) is 0 Å². The summed E-state index contributed by atoms with van der Waals surface area (Å²) < 4.78 is 6.57. The molecular formula is C13H15N5O6. The Kier molecular flexibility index (Phi) is 3.93. The minimum absolute atomic E-state index is 0.00709. The Labute approximate surface area is 134 Å². The van der Waals surface area contributed by atoms with Crippen molar-refractivity contribution in [1.29, 1.82) is 0 Å². The number of nitrogens with zero attached hydrogens (tertiary/aromatic N) is 3. The molecule has 128 valence electrons. The lowest BCUT2D eigenvalue weighted by atomic mass is 10.1. The predicted molar refractivity (Wildman–Crippen MR) is 79.7 cm³/mol. The molecule has 1 saturated heterocycles. The van der Waals surface area contributed by atoms with Crippen molar-refractivity contribution in [2.24, 2.45) is 5.73 Å². The number of pyridine rings is 1. The van der Waals surface area contributed by atoms with Gasteiger partial charge in [-0.15, -0.1) is 0 Å². The highest BCUT2D eigenvalue weighted by atomic mass is 16.6. The molecule has 2 aromatic heterocycles. The van der Waals surface area contributed by atoms with E-state index in [2.05, 4.69) is 9.97 Å². The summed E-state index contributed by atoms with van der Waals surface area (Å²) in [4.78, 5) is 31.6. The van der Waals surface area contributed by atoms with Crippen molar-refractivity contribution < 1.29 is 24.9 Å². The van der Waals surface area contributed by atoms with Crippen LogP contribution in [0.1, 0.15) is 16.6 Å². The van der Waals surface area contributed by atoms with Gasteiger partial charge in [-0.05, 0) is 0 Å². The van der Waals surface area contributed by atoms with E-state index in [-0.39, 0.29) is 16.9 Å². The summed E-state index contributed by atoms with van der Waals surface area (Å²) in [6, 6.07) is 0. The Morgan fingerprint density at radius 3 is 2.62 bits per heavy atom. The quantitative estimate of drug-likeness (QED) is 0.391. The van der Waals surface area contributed by atoms with Crippen molar-refractivity contribution in [1.82, 2.24) is 14.5 Å². The largest absolute Gasteiger partial charge is 0.394 e. The highest BCUT2D eigenvalue weighted by Gasteiger charge is 2.44. The Hall–Kier alpha value is -2.60. The van der Waals surface area contributed by atoms with Gasteiger partial charge in [-0.1, -0.05) is 0 Å². The molecule has 2 aromatic rings. The number of fused-ring (bicyclic) bond motifs is 1. The third-order valence-electron chi connectivity index (χ3n) is 3.90. The van der Waals surface area contributed by atoms with Gasteiger partial charge < -0.3 is 36.1 Å². The molecule has 0 unspecified atom stereocenters. The lowest BCUT2D eigenvalue weighted by Crippen LogP contribution is -2.34. The number of primary amides is 1. The number of rotatable bonds is 3. The van der Waals surface area contributed by atoms with Gasteiger partial charge in [0.2, 0.25) is 5.43 Å². The van der Waals surface area contributed by atoms with Crippen molar-refractivity contribution in [2.75, 3.05) is 12.3 Å². The molecule has 0 aromatic carbocycles. The van der Waals surface area contributed by atoms with Gasteiger partial charge in [-0.2, -0.15) is 0 Å². The molecule has 0 aliphatic carbocycles. The van der Waals surface area contributed by atoms with Gasteiger partial charge in [0.05, 0.1) is 6.61 Å². The van der Waals surface area contributed by atoms with Crippen LogP contribution in [-0.2, 0) is 4.74 Å². The number of anilines is 1. The third kappa shape index (κ3) is 2.30. The Morgan fingerprint density at radius 2 is 2.04 bits per heavy atom. The number of aliphatic hydroxyl groups excluding tert-OH is 3. The molecule has 24 heavy (non-hydrogen) atoms. The number of hydrogen-bond donors (Lipinski definition) is 5. The molecule has 1 aliphatic rings. The number of ether oxygens (including phenoxy) is 1. The average Bonchev–Trinajstić information content (AvgIpc) is 2.83. The number of aliphatic hydroxyl groups is 3. The molecule has 1 amide bonds. The van der Waals surface area contributed by atoms with Gasteiger partial charge in [-0.3, -0.25) is 9.59 Å². The predicted octanol–water partition coefficient (Wildman–Crippen LogP) is -2.92. The monoisotopic (exact) mass is 337 g/mol. The summed E-state index contributed by atoms with van der Waals surface area (Å²) in [7, 11) is 0. The number of hydrogen-bond acceptors (Lipinski definition) is 9. The zero-order chi connectivity index (χ0) is 17.6. The summed E-state index contributed by atoms with van der Waals surface area (Å²) in [5.74, 6) is -1.18. The standard InChI is InChI=1S/C13H15N5O6/c14-10-6-7(20)4(11(15)23)1-18(12(6)17-3-16-10)13-9(22)8(21)5(2-19)24-13/h1,3,5,8-9,13,19,21-22H,2H2,(H2,15,23)(H2,14,16,17)/t5-,8-,9-,13+/m1/s1. The lowest BCUT2D eigenvalue weighted by Gasteiger charge is -2.21. The first-order chi connectivity index (χ1) is 11.4. The molecule has 7 N–H and O–H groups in total. The number of amides is 1. The fourth-order valence-electron chi connectivity index (χ4n) is 2.68. The van der Waals surface area contributed by atoms with E-state index in [9.17, 15) is 24.9 Å². The van der Waals surface area contributed by atoms with Crippen molar-refractivity contribution >= 4 is 22.8 Å². The minimum Gasteiger partial charge on any atom is -0.394 e.